The van der Waals surface area contributed by atoms with Gasteiger partial charge in [0, 0.05) is 18.0 Å². The molecule has 1 heterocycles. The smallest absolute Gasteiger partial charge is 0.179 e. The Bertz CT molecular complexity index is 562. The minimum Gasteiger partial charge on any atom is -0.311 e. The number of hydrogen-bond donors (Lipinski definition) is 1. The van der Waals surface area contributed by atoms with Crippen LogP contribution in [0.2, 0.25) is 0 Å². The molecule has 96 valence electrons. The molecule has 1 N–H and O–H groups in total. The molecular formula is C13H15NO2S2. The zero-order chi connectivity index (χ0) is 12.8. The summed E-state index contributed by atoms with van der Waals surface area (Å²) in [7, 11) is -3.16. The van der Waals surface area contributed by atoms with Crippen LogP contribution in [0.5, 0.6) is 0 Å². The molecule has 0 aliphatic rings. The molecule has 5 heteroatoms. The largest absolute Gasteiger partial charge is 0.311 e. The van der Waals surface area contributed by atoms with Gasteiger partial charge >= 0.3 is 0 Å². The Morgan fingerprint density at radius 2 is 1.83 bits per heavy atom. The van der Waals surface area contributed by atoms with Crippen molar-refractivity contribution in [2.24, 2.45) is 0 Å². The molecule has 1 aromatic carbocycles. The molecule has 0 atom stereocenters. The summed E-state index contributed by atoms with van der Waals surface area (Å²) in [6, 6.07) is 12.6. The number of sulfone groups is 1. The van der Waals surface area contributed by atoms with E-state index in [2.05, 4.69) is 5.32 Å². The second kappa shape index (κ2) is 6.13. The van der Waals surface area contributed by atoms with Gasteiger partial charge in [0.05, 0.1) is 10.6 Å². The lowest BCUT2D eigenvalue weighted by molar-refractivity contribution is 0.591. The Labute approximate surface area is 111 Å². The lowest BCUT2D eigenvalue weighted by Gasteiger charge is -2.05. The first-order valence-electron chi connectivity index (χ1n) is 5.69. The van der Waals surface area contributed by atoms with E-state index in [9.17, 15) is 8.42 Å². The Hall–Kier alpha value is -1.17. The van der Waals surface area contributed by atoms with Crippen molar-refractivity contribution in [3.63, 3.8) is 0 Å². The highest BCUT2D eigenvalue weighted by molar-refractivity contribution is 7.91. The van der Waals surface area contributed by atoms with E-state index in [1.54, 1.807) is 35.6 Å². The molecule has 0 spiro atoms. The van der Waals surface area contributed by atoms with Crippen molar-refractivity contribution < 1.29 is 8.42 Å². The second-order valence-corrected chi connectivity index (χ2v) is 7.03. The molecule has 0 saturated heterocycles. The molecule has 1 aromatic heterocycles. The third-order valence-corrected chi connectivity index (χ3v) is 5.14. The third-order valence-electron chi connectivity index (χ3n) is 2.53. The van der Waals surface area contributed by atoms with Crippen LogP contribution in [0.4, 0.5) is 0 Å². The first-order chi connectivity index (χ1) is 8.68. The summed E-state index contributed by atoms with van der Waals surface area (Å²) in [5.41, 5.74) is 0. The summed E-state index contributed by atoms with van der Waals surface area (Å²) in [4.78, 5) is 1.61. The van der Waals surface area contributed by atoms with Crippen LogP contribution in [-0.2, 0) is 16.4 Å². The molecule has 0 saturated carbocycles. The van der Waals surface area contributed by atoms with Gasteiger partial charge in [-0.05, 0) is 23.6 Å². The summed E-state index contributed by atoms with van der Waals surface area (Å²) in [5.74, 6) is 0.127. The molecular weight excluding hydrogens is 266 g/mol. The van der Waals surface area contributed by atoms with Crippen LogP contribution in [0, 0.1) is 0 Å². The fourth-order valence-electron chi connectivity index (χ4n) is 1.58. The quantitative estimate of drug-likeness (QED) is 0.827. The van der Waals surface area contributed by atoms with Crippen molar-refractivity contribution in [2.45, 2.75) is 11.4 Å². The molecule has 0 aliphatic carbocycles. The van der Waals surface area contributed by atoms with Crippen LogP contribution in [0.15, 0.2) is 52.7 Å². The number of rotatable bonds is 6. The molecule has 2 rings (SSSR count). The molecule has 0 bridgehead atoms. The fourth-order valence-corrected chi connectivity index (χ4v) is 3.47. The average molecular weight is 281 g/mol. The number of nitrogens with one attached hydrogen (secondary N) is 1. The van der Waals surface area contributed by atoms with Crippen LogP contribution in [-0.4, -0.2) is 20.7 Å². The van der Waals surface area contributed by atoms with Gasteiger partial charge in [-0.25, -0.2) is 8.42 Å². The summed E-state index contributed by atoms with van der Waals surface area (Å²) < 4.78 is 23.9. The molecule has 0 radical (unpaired) electrons. The highest BCUT2D eigenvalue weighted by atomic mass is 32.2. The topological polar surface area (TPSA) is 46.2 Å². The summed E-state index contributed by atoms with van der Waals surface area (Å²) >= 11 is 1.67. The van der Waals surface area contributed by atoms with E-state index < -0.39 is 9.84 Å². The van der Waals surface area contributed by atoms with Crippen LogP contribution in [0.3, 0.4) is 0 Å². The molecule has 0 amide bonds. The Morgan fingerprint density at radius 3 is 2.50 bits per heavy atom. The van der Waals surface area contributed by atoms with Crippen molar-refractivity contribution in [1.29, 1.82) is 0 Å². The lowest BCUT2D eigenvalue weighted by Crippen LogP contribution is -2.22. The van der Waals surface area contributed by atoms with Crippen molar-refractivity contribution >= 4 is 21.2 Å². The van der Waals surface area contributed by atoms with E-state index in [0.717, 1.165) is 6.54 Å². The zero-order valence-corrected chi connectivity index (χ0v) is 11.5. The molecule has 2 aromatic rings. The zero-order valence-electron chi connectivity index (χ0n) is 9.87. The van der Waals surface area contributed by atoms with E-state index in [0.29, 0.717) is 11.4 Å². The lowest BCUT2D eigenvalue weighted by atomic mass is 10.4. The standard InChI is InChI=1S/C13H15NO2S2/c15-18(16,13-6-2-1-3-7-13)10-8-14-11-12-5-4-9-17-12/h1-7,9,14H,8,10-11H2. The van der Waals surface area contributed by atoms with Crippen LogP contribution < -0.4 is 5.32 Å². The van der Waals surface area contributed by atoms with E-state index in [4.69, 9.17) is 0 Å². The average Bonchev–Trinajstić information content (AvgIpc) is 2.89. The highest BCUT2D eigenvalue weighted by Crippen LogP contribution is 2.10. The highest BCUT2D eigenvalue weighted by Gasteiger charge is 2.12. The van der Waals surface area contributed by atoms with Gasteiger partial charge in [0.2, 0.25) is 0 Å². The van der Waals surface area contributed by atoms with Crippen LogP contribution >= 0.6 is 11.3 Å². The monoisotopic (exact) mass is 281 g/mol. The van der Waals surface area contributed by atoms with E-state index in [1.807, 2.05) is 23.6 Å². The van der Waals surface area contributed by atoms with Crippen molar-refractivity contribution in [2.75, 3.05) is 12.3 Å². The van der Waals surface area contributed by atoms with Crippen LogP contribution in [0.25, 0.3) is 0 Å². The molecule has 0 unspecified atom stereocenters. The van der Waals surface area contributed by atoms with Gasteiger partial charge in [-0.2, -0.15) is 0 Å². The van der Waals surface area contributed by atoms with Crippen molar-refractivity contribution in [3.05, 3.63) is 52.7 Å². The van der Waals surface area contributed by atoms with Gasteiger partial charge in [-0.1, -0.05) is 24.3 Å². The maximum atomic E-state index is 12.0. The minimum absolute atomic E-state index is 0.127. The first kappa shape index (κ1) is 13.3. The van der Waals surface area contributed by atoms with E-state index >= 15 is 0 Å². The molecule has 0 aliphatic heterocycles. The van der Waals surface area contributed by atoms with Crippen molar-refractivity contribution in [1.82, 2.24) is 5.32 Å². The minimum atomic E-state index is -3.16. The normalized spacial score (nSPS) is 11.6. The fraction of sp³-hybridized carbons (Fsp3) is 0.231. The Morgan fingerprint density at radius 1 is 1.06 bits per heavy atom. The SMILES string of the molecule is O=S(=O)(CCNCc1cccs1)c1ccccc1. The van der Waals surface area contributed by atoms with Crippen molar-refractivity contribution in [3.8, 4) is 0 Å². The van der Waals surface area contributed by atoms with E-state index in [-0.39, 0.29) is 5.75 Å². The van der Waals surface area contributed by atoms with Gasteiger partial charge < -0.3 is 5.32 Å². The molecule has 3 nitrogen and oxygen atoms in total. The van der Waals surface area contributed by atoms with Gasteiger partial charge in [0.1, 0.15) is 0 Å². The second-order valence-electron chi connectivity index (χ2n) is 3.89. The predicted octanol–water partition coefficient (Wildman–Crippen LogP) is 2.31. The van der Waals surface area contributed by atoms with E-state index in [1.165, 1.54) is 4.88 Å². The summed E-state index contributed by atoms with van der Waals surface area (Å²) in [5, 5.41) is 5.16. The Kier molecular flexibility index (Phi) is 4.52. The van der Waals surface area contributed by atoms with Gasteiger partial charge in [0.25, 0.3) is 0 Å². The maximum Gasteiger partial charge on any atom is 0.179 e. The summed E-state index contributed by atoms with van der Waals surface area (Å²) in [6.07, 6.45) is 0. The van der Waals surface area contributed by atoms with Gasteiger partial charge in [0.15, 0.2) is 9.84 Å². The Balaban J connectivity index is 1.83. The third kappa shape index (κ3) is 3.66. The predicted molar refractivity (Wildman–Crippen MR) is 74.5 cm³/mol. The van der Waals surface area contributed by atoms with Gasteiger partial charge in [-0.15, -0.1) is 11.3 Å². The molecule has 18 heavy (non-hydrogen) atoms. The number of benzene rings is 1. The first-order valence-corrected chi connectivity index (χ1v) is 8.22. The number of thiophene rings is 1. The molecule has 0 fully saturated rings. The summed E-state index contributed by atoms with van der Waals surface area (Å²) in [6.45, 7) is 1.19. The van der Waals surface area contributed by atoms with Crippen LogP contribution in [0.1, 0.15) is 4.88 Å². The maximum absolute atomic E-state index is 12.0. The number of hydrogen-bond acceptors (Lipinski definition) is 4. The van der Waals surface area contributed by atoms with Gasteiger partial charge in [-0.3, -0.25) is 0 Å².